The molecule has 0 amide bonds. The van der Waals surface area contributed by atoms with E-state index in [2.05, 4.69) is 19.1 Å². The van der Waals surface area contributed by atoms with Crippen molar-refractivity contribution in [3.8, 4) is 5.75 Å². The fraction of sp³-hybridized carbons (Fsp3) is 0.571. The van der Waals surface area contributed by atoms with Gasteiger partial charge in [0.15, 0.2) is 6.29 Å². The number of hydrogen-bond donors (Lipinski definition) is 0. The summed E-state index contributed by atoms with van der Waals surface area (Å²) in [6.07, 6.45) is 2.76. The van der Waals surface area contributed by atoms with Crippen LogP contribution in [0, 0.1) is 0 Å². The fourth-order valence-corrected chi connectivity index (χ4v) is 1.80. The summed E-state index contributed by atoms with van der Waals surface area (Å²) in [7, 11) is 0. The number of hydrogen-bond acceptors (Lipinski definition) is 3. The molecule has 0 saturated carbocycles. The zero-order valence-corrected chi connectivity index (χ0v) is 10.4. The highest BCUT2D eigenvalue weighted by molar-refractivity contribution is 5.27. The van der Waals surface area contributed by atoms with Crippen LogP contribution in [0.1, 0.15) is 25.3 Å². The van der Waals surface area contributed by atoms with Crippen LogP contribution in [-0.4, -0.2) is 26.1 Å². The van der Waals surface area contributed by atoms with E-state index in [0.717, 1.165) is 38.2 Å². The van der Waals surface area contributed by atoms with Crippen molar-refractivity contribution in [3.63, 3.8) is 0 Å². The molecule has 17 heavy (non-hydrogen) atoms. The number of aryl methyl sites for hydroxylation is 1. The van der Waals surface area contributed by atoms with Crippen LogP contribution in [0.4, 0.5) is 0 Å². The summed E-state index contributed by atoms with van der Waals surface area (Å²) in [6, 6.07) is 8.23. The first-order chi connectivity index (χ1) is 8.38. The van der Waals surface area contributed by atoms with Gasteiger partial charge in [-0.3, -0.25) is 0 Å². The van der Waals surface area contributed by atoms with Gasteiger partial charge < -0.3 is 14.2 Å². The van der Waals surface area contributed by atoms with E-state index in [9.17, 15) is 0 Å². The summed E-state index contributed by atoms with van der Waals surface area (Å²) < 4.78 is 16.5. The lowest BCUT2D eigenvalue weighted by Crippen LogP contribution is -2.26. The second-order valence-electron chi connectivity index (χ2n) is 4.16. The molecule has 0 spiro atoms. The topological polar surface area (TPSA) is 27.7 Å². The van der Waals surface area contributed by atoms with Gasteiger partial charge in [0.2, 0.25) is 0 Å². The second kappa shape index (κ2) is 6.62. The maximum atomic E-state index is 5.65. The Kier molecular flexibility index (Phi) is 4.83. The molecule has 1 heterocycles. The summed E-state index contributed by atoms with van der Waals surface area (Å²) in [5, 5.41) is 0. The monoisotopic (exact) mass is 236 g/mol. The molecule has 1 aliphatic rings. The smallest absolute Gasteiger partial charge is 0.160 e. The van der Waals surface area contributed by atoms with Crippen molar-refractivity contribution in [2.24, 2.45) is 0 Å². The summed E-state index contributed by atoms with van der Waals surface area (Å²) in [4.78, 5) is 0. The zero-order valence-electron chi connectivity index (χ0n) is 10.4. The lowest BCUT2D eigenvalue weighted by molar-refractivity contribution is -0.183. The molecule has 1 aromatic rings. The number of benzene rings is 1. The minimum absolute atomic E-state index is 0.0846. The second-order valence-corrected chi connectivity index (χ2v) is 4.16. The minimum atomic E-state index is -0.0846. The largest absolute Gasteiger partial charge is 0.493 e. The Balaban J connectivity index is 1.69. The maximum Gasteiger partial charge on any atom is 0.160 e. The Morgan fingerprint density at radius 1 is 1.18 bits per heavy atom. The summed E-state index contributed by atoms with van der Waals surface area (Å²) in [6.45, 7) is 4.38. The summed E-state index contributed by atoms with van der Waals surface area (Å²) in [5.41, 5.74) is 1.33. The van der Waals surface area contributed by atoms with Crippen molar-refractivity contribution in [2.75, 3.05) is 19.8 Å². The molecule has 0 radical (unpaired) electrons. The molecule has 2 rings (SSSR count). The van der Waals surface area contributed by atoms with Gasteiger partial charge in [-0.1, -0.05) is 19.1 Å². The van der Waals surface area contributed by atoms with E-state index in [1.165, 1.54) is 5.56 Å². The van der Waals surface area contributed by atoms with E-state index >= 15 is 0 Å². The van der Waals surface area contributed by atoms with Gasteiger partial charge in [-0.15, -0.1) is 0 Å². The molecule has 0 aromatic heterocycles. The van der Waals surface area contributed by atoms with Gasteiger partial charge in [0, 0.05) is 6.42 Å². The summed E-state index contributed by atoms with van der Waals surface area (Å²) in [5.74, 6) is 0.915. The van der Waals surface area contributed by atoms with Gasteiger partial charge in [0.25, 0.3) is 0 Å². The van der Waals surface area contributed by atoms with Crippen LogP contribution in [0.2, 0.25) is 0 Å². The average Bonchev–Trinajstić information content (AvgIpc) is 2.41. The average molecular weight is 236 g/mol. The first-order valence-corrected chi connectivity index (χ1v) is 6.33. The van der Waals surface area contributed by atoms with E-state index < -0.39 is 0 Å². The zero-order chi connectivity index (χ0) is 11.9. The van der Waals surface area contributed by atoms with Gasteiger partial charge in [0.1, 0.15) is 5.75 Å². The van der Waals surface area contributed by atoms with Gasteiger partial charge in [-0.05, 0) is 30.5 Å². The molecule has 1 saturated heterocycles. The molecule has 0 unspecified atom stereocenters. The predicted octanol–water partition coefficient (Wildman–Crippen LogP) is 2.78. The van der Waals surface area contributed by atoms with Gasteiger partial charge in [-0.25, -0.2) is 0 Å². The molecule has 0 bridgehead atoms. The lowest BCUT2D eigenvalue weighted by atomic mass is 10.2. The first kappa shape index (κ1) is 12.4. The van der Waals surface area contributed by atoms with Crippen molar-refractivity contribution in [3.05, 3.63) is 29.8 Å². The van der Waals surface area contributed by atoms with Crippen molar-refractivity contribution in [1.82, 2.24) is 0 Å². The molecule has 3 heteroatoms. The van der Waals surface area contributed by atoms with E-state index in [1.54, 1.807) is 0 Å². The Hall–Kier alpha value is -1.06. The molecule has 3 nitrogen and oxygen atoms in total. The normalized spacial score (nSPS) is 17.0. The van der Waals surface area contributed by atoms with Gasteiger partial charge in [-0.2, -0.15) is 0 Å². The first-order valence-electron chi connectivity index (χ1n) is 6.33. The van der Waals surface area contributed by atoms with E-state index in [-0.39, 0.29) is 6.29 Å². The SMILES string of the molecule is CCc1ccc(OCCC2OCCCO2)cc1. The Bertz CT molecular complexity index is 315. The fourth-order valence-electron chi connectivity index (χ4n) is 1.80. The minimum Gasteiger partial charge on any atom is -0.493 e. The Morgan fingerprint density at radius 2 is 1.88 bits per heavy atom. The van der Waals surface area contributed by atoms with Crippen molar-refractivity contribution >= 4 is 0 Å². The molecule has 1 fully saturated rings. The van der Waals surface area contributed by atoms with Crippen LogP contribution in [-0.2, 0) is 15.9 Å². The van der Waals surface area contributed by atoms with Crippen LogP contribution in [0.15, 0.2) is 24.3 Å². The standard InChI is InChI=1S/C14H20O3/c1-2-12-4-6-13(7-5-12)15-11-8-14-16-9-3-10-17-14/h4-7,14H,2-3,8-11H2,1H3. The highest BCUT2D eigenvalue weighted by atomic mass is 16.7. The van der Waals surface area contributed by atoms with Crippen molar-refractivity contribution in [1.29, 1.82) is 0 Å². The van der Waals surface area contributed by atoms with Crippen molar-refractivity contribution < 1.29 is 14.2 Å². The van der Waals surface area contributed by atoms with Gasteiger partial charge >= 0.3 is 0 Å². The van der Waals surface area contributed by atoms with E-state index in [4.69, 9.17) is 14.2 Å². The van der Waals surface area contributed by atoms with E-state index in [0.29, 0.717) is 6.61 Å². The molecular formula is C14H20O3. The quantitative estimate of drug-likeness (QED) is 0.786. The third-order valence-electron chi connectivity index (χ3n) is 2.85. The molecule has 1 aliphatic heterocycles. The van der Waals surface area contributed by atoms with Crippen LogP contribution in [0.25, 0.3) is 0 Å². The van der Waals surface area contributed by atoms with E-state index in [1.807, 2.05) is 12.1 Å². The Labute approximate surface area is 103 Å². The highest BCUT2D eigenvalue weighted by Gasteiger charge is 2.13. The van der Waals surface area contributed by atoms with Crippen LogP contribution < -0.4 is 4.74 Å². The summed E-state index contributed by atoms with van der Waals surface area (Å²) >= 11 is 0. The number of ether oxygens (including phenoxy) is 3. The molecule has 94 valence electrons. The predicted molar refractivity (Wildman–Crippen MR) is 66.2 cm³/mol. The highest BCUT2D eigenvalue weighted by Crippen LogP contribution is 2.14. The third kappa shape index (κ3) is 4.02. The lowest BCUT2D eigenvalue weighted by Gasteiger charge is -2.23. The maximum absolute atomic E-state index is 5.65. The van der Waals surface area contributed by atoms with Crippen molar-refractivity contribution in [2.45, 2.75) is 32.5 Å². The molecule has 1 aromatic carbocycles. The van der Waals surface area contributed by atoms with Crippen LogP contribution in [0.3, 0.4) is 0 Å². The van der Waals surface area contributed by atoms with Crippen LogP contribution in [0.5, 0.6) is 5.75 Å². The van der Waals surface area contributed by atoms with Crippen LogP contribution >= 0.6 is 0 Å². The molecule has 0 aliphatic carbocycles. The van der Waals surface area contributed by atoms with Gasteiger partial charge in [0.05, 0.1) is 19.8 Å². The number of rotatable bonds is 5. The third-order valence-corrected chi connectivity index (χ3v) is 2.85. The molecular weight excluding hydrogens is 216 g/mol. The molecule has 0 atom stereocenters. The Morgan fingerprint density at radius 3 is 2.53 bits per heavy atom. The molecule has 0 N–H and O–H groups in total.